The highest BCUT2D eigenvalue weighted by atomic mass is 16.3. The summed E-state index contributed by atoms with van der Waals surface area (Å²) < 4.78 is 1.76. The molecule has 0 saturated heterocycles. The summed E-state index contributed by atoms with van der Waals surface area (Å²) in [6, 6.07) is 0. The number of aryl methyl sites for hydroxylation is 1. The summed E-state index contributed by atoms with van der Waals surface area (Å²) in [5, 5.41) is 19.5. The van der Waals surface area contributed by atoms with Crippen LogP contribution in [0.2, 0.25) is 0 Å². The lowest BCUT2D eigenvalue weighted by atomic mass is 10.2. The van der Waals surface area contributed by atoms with Crippen molar-refractivity contribution in [2.24, 2.45) is 7.05 Å². The first-order valence-corrected chi connectivity index (χ1v) is 3.79. The van der Waals surface area contributed by atoms with Gasteiger partial charge in [-0.1, -0.05) is 0 Å². The van der Waals surface area contributed by atoms with Crippen LogP contribution in [-0.2, 0) is 7.05 Å². The minimum Gasteiger partial charge on any atom is -0.380 e. The molecule has 6 nitrogen and oxygen atoms in total. The summed E-state index contributed by atoms with van der Waals surface area (Å²) in [5.41, 5.74) is 1.04. The van der Waals surface area contributed by atoms with Gasteiger partial charge in [-0.15, -0.1) is 0 Å². The van der Waals surface area contributed by atoms with Crippen LogP contribution in [0, 0.1) is 0 Å². The maximum atomic E-state index is 9.70. The molecule has 0 aliphatic heterocycles. The smallest absolute Gasteiger partial charge is 0.143 e. The van der Waals surface area contributed by atoms with Gasteiger partial charge in [-0.25, -0.2) is 4.98 Å². The van der Waals surface area contributed by atoms with Crippen molar-refractivity contribution < 1.29 is 5.11 Å². The van der Waals surface area contributed by atoms with Crippen molar-refractivity contribution in [3.8, 4) is 0 Å². The van der Waals surface area contributed by atoms with E-state index in [9.17, 15) is 5.11 Å². The average molecular weight is 179 g/mol. The number of hydrogen-bond acceptors (Lipinski definition) is 4. The molecule has 6 heteroatoms. The Morgan fingerprint density at radius 1 is 1.54 bits per heavy atom. The van der Waals surface area contributed by atoms with Crippen LogP contribution in [0.5, 0.6) is 0 Å². The number of aromatic nitrogens is 5. The van der Waals surface area contributed by atoms with Gasteiger partial charge in [-0.05, 0) is 0 Å². The van der Waals surface area contributed by atoms with Gasteiger partial charge < -0.3 is 9.67 Å². The topological polar surface area (TPSA) is 79.6 Å². The summed E-state index contributed by atoms with van der Waals surface area (Å²) in [6.45, 7) is 0. The first kappa shape index (κ1) is 7.93. The largest absolute Gasteiger partial charge is 0.380 e. The second kappa shape index (κ2) is 2.98. The predicted molar refractivity (Wildman–Crippen MR) is 43.7 cm³/mol. The molecule has 0 amide bonds. The summed E-state index contributed by atoms with van der Waals surface area (Å²) >= 11 is 0. The van der Waals surface area contributed by atoms with Crippen LogP contribution >= 0.6 is 0 Å². The SMILES string of the molecule is Cn1cnc(C(O)c2cn[nH]n2)c1. The first-order valence-electron chi connectivity index (χ1n) is 3.79. The number of aliphatic hydroxyl groups excluding tert-OH is 1. The van der Waals surface area contributed by atoms with Gasteiger partial charge >= 0.3 is 0 Å². The van der Waals surface area contributed by atoms with Crippen molar-refractivity contribution in [2.45, 2.75) is 6.10 Å². The Balaban J connectivity index is 2.28. The molecule has 0 aliphatic carbocycles. The van der Waals surface area contributed by atoms with E-state index in [-0.39, 0.29) is 0 Å². The van der Waals surface area contributed by atoms with Crippen molar-refractivity contribution in [1.82, 2.24) is 25.0 Å². The number of hydrogen-bond donors (Lipinski definition) is 2. The molecule has 2 aromatic rings. The number of nitrogens with one attached hydrogen (secondary N) is 1. The summed E-state index contributed by atoms with van der Waals surface area (Å²) in [7, 11) is 1.84. The van der Waals surface area contributed by atoms with Crippen molar-refractivity contribution in [1.29, 1.82) is 0 Å². The fourth-order valence-electron chi connectivity index (χ4n) is 1.07. The number of nitrogens with zero attached hydrogens (tertiary/aromatic N) is 4. The van der Waals surface area contributed by atoms with Gasteiger partial charge in [-0.2, -0.15) is 15.4 Å². The van der Waals surface area contributed by atoms with E-state index in [1.54, 1.807) is 17.1 Å². The average Bonchev–Trinajstić information content (AvgIpc) is 2.72. The highest BCUT2D eigenvalue weighted by Gasteiger charge is 2.14. The van der Waals surface area contributed by atoms with Gasteiger partial charge in [0.2, 0.25) is 0 Å². The molecule has 2 rings (SSSR count). The van der Waals surface area contributed by atoms with Gasteiger partial charge in [0.05, 0.1) is 18.2 Å². The Morgan fingerprint density at radius 3 is 2.92 bits per heavy atom. The van der Waals surface area contributed by atoms with E-state index in [1.807, 2.05) is 7.05 Å². The van der Waals surface area contributed by atoms with E-state index in [1.165, 1.54) is 6.20 Å². The molecule has 68 valence electrons. The zero-order valence-corrected chi connectivity index (χ0v) is 7.05. The van der Waals surface area contributed by atoms with Crippen LogP contribution in [0.25, 0.3) is 0 Å². The Labute approximate surface area is 74.2 Å². The van der Waals surface area contributed by atoms with Gasteiger partial charge in [0.15, 0.2) is 0 Å². The molecule has 2 N–H and O–H groups in total. The highest BCUT2D eigenvalue weighted by molar-refractivity contribution is 5.13. The maximum absolute atomic E-state index is 9.70. The Hall–Kier alpha value is -1.69. The van der Waals surface area contributed by atoms with Crippen molar-refractivity contribution >= 4 is 0 Å². The van der Waals surface area contributed by atoms with E-state index < -0.39 is 6.10 Å². The highest BCUT2D eigenvalue weighted by Crippen LogP contribution is 2.15. The molecule has 2 heterocycles. The van der Waals surface area contributed by atoms with Gasteiger partial charge in [0, 0.05) is 13.2 Å². The van der Waals surface area contributed by atoms with E-state index in [0.717, 1.165) is 0 Å². The normalized spacial score (nSPS) is 13.1. The molecule has 2 aromatic heterocycles. The fourth-order valence-corrected chi connectivity index (χ4v) is 1.07. The second-order valence-electron chi connectivity index (χ2n) is 2.76. The third kappa shape index (κ3) is 1.43. The van der Waals surface area contributed by atoms with Crippen LogP contribution in [-0.4, -0.2) is 30.1 Å². The lowest BCUT2D eigenvalue weighted by Crippen LogP contribution is -2.00. The zero-order valence-electron chi connectivity index (χ0n) is 7.05. The van der Waals surface area contributed by atoms with Gasteiger partial charge in [0.25, 0.3) is 0 Å². The number of imidazole rings is 1. The Kier molecular flexibility index (Phi) is 1.82. The van der Waals surface area contributed by atoms with E-state index in [0.29, 0.717) is 11.4 Å². The lowest BCUT2D eigenvalue weighted by molar-refractivity contribution is 0.210. The molecule has 1 unspecified atom stereocenters. The number of aliphatic hydroxyl groups is 1. The van der Waals surface area contributed by atoms with Crippen LogP contribution < -0.4 is 0 Å². The molecule has 0 spiro atoms. The molecule has 0 aromatic carbocycles. The van der Waals surface area contributed by atoms with Crippen LogP contribution in [0.1, 0.15) is 17.5 Å². The number of H-pyrrole nitrogens is 1. The van der Waals surface area contributed by atoms with E-state index >= 15 is 0 Å². The third-order valence-corrected chi connectivity index (χ3v) is 1.72. The van der Waals surface area contributed by atoms with E-state index in [2.05, 4.69) is 20.4 Å². The maximum Gasteiger partial charge on any atom is 0.143 e. The zero-order chi connectivity index (χ0) is 9.26. The number of aromatic amines is 1. The Morgan fingerprint density at radius 2 is 2.38 bits per heavy atom. The van der Waals surface area contributed by atoms with Gasteiger partial charge in [-0.3, -0.25) is 0 Å². The lowest BCUT2D eigenvalue weighted by Gasteiger charge is -2.01. The molecule has 0 bridgehead atoms. The van der Waals surface area contributed by atoms with Crippen LogP contribution in [0.3, 0.4) is 0 Å². The molecule has 0 aliphatic rings. The van der Waals surface area contributed by atoms with Crippen LogP contribution in [0.4, 0.5) is 0 Å². The monoisotopic (exact) mass is 179 g/mol. The Bertz CT molecular complexity index is 379. The predicted octanol–water partition coefficient (Wildman–Crippen LogP) is -0.380. The van der Waals surface area contributed by atoms with Crippen LogP contribution in [0.15, 0.2) is 18.7 Å². The standard InChI is InChI=1S/C7H9N5O/c1-12-3-6(8-4-12)7(13)5-2-9-11-10-5/h2-4,7,13H,1H3,(H,9,10,11). The van der Waals surface area contributed by atoms with Crippen molar-refractivity contribution in [2.75, 3.05) is 0 Å². The minimum atomic E-state index is -0.806. The first-order chi connectivity index (χ1) is 6.27. The van der Waals surface area contributed by atoms with Crippen molar-refractivity contribution in [3.63, 3.8) is 0 Å². The van der Waals surface area contributed by atoms with Gasteiger partial charge in [0.1, 0.15) is 11.8 Å². The summed E-state index contributed by atoms with van der Waals surface area (Å²) in [6.07, 6.45) is 4.03. The molecule has 0 fully saturated rings. The minimum absolute atomic E-state index is 0.471. The molecule has 1 atom stereocenters. The summed E-state index contributed by atoms with van der Waals surface area (Å²) in [5.74, 6) is 0. The van der Waals surface area contributed by atoms with E-state index in [4.69, 9.17) is 0 Å². The molecular formula is C7H9N5O. The second-order valence-corrected chi connectivity index (χ2v) is 2.76. The third-order valence-electron chi connectivity index (χ3n) is 1.72. The summed E-state index contributed by atoms with van der Waals surface area (Å²) in [4.78, 5) is 4.00. The number of rotatable bonds is 2. The molecule has 13 heavy (non-hydrogen) atoms. The fraction of sp³-hybridized carbons (Fsp3) is 0.286. The molecule has 0 saturated carbocycles. The molecule has 0 radical (unpaired) electrons. The quantitative estimate of drug-likeness (QED) is 0.658. The molecular weight excluding hydrogens is 170 g/mol. The van der Waals surface area contributed by atoms with Crippen molar-refractivity contribution in [3.05, 3.63) is 30.1 Å².